The fraction of sp³-hybridized carbons (Fsp3) is 0.700. The van der Waals surface area contributed by atoms with Gasteiger partial charge in [0.1, 0.15) is 0 Å². The lowest BCUT2D eigenvalue weighted by molar-refractivity contribution is -0.161. The predicted octanol–water partition coefficient (Wildman–Crippen LogP) is -1.03. The zero-order valence-corrected chi connectivity index (χ0v) is 11.6. The number of hydrogen-bond donors (Lipinski definition) is 5. The highest BCUT2D eigenvalue weighted by Gasteiger charge is 1.95. The van der Waals surface area contributed by atoms with E-state index in [4.69, 9.17) is 36.4 Å². The number of rotatable bonds is 2. The molecule has 0 saturated heterocycles. The van der Waals surface area contributed by atoms with E-state index in [0.29, 0.717) is 13.1 Å². The average molecular weight is 284 g/mol. The van der Waals surface area contributed by atoms with Crippen molar-refractivity contribution in [3.05, 3.63) is 0 Å². The molecule has 0 aliphatic rings. The second-order valence-corrected chi connectivity index (χ2v) is 2.82. The molecule has 0 aromatic carbocycles. The van der Waals surface area contributed by atoms with E-state index in [2.05, 4.69) is 4.74 Å². The van der Waals surface area contributed by atoms with E-state index in [9.17, 15) is 4.79 Å². The van der Waals surface area contributed by atoms with Crippen LogP contribution >= 0.6 is 0 Å². The highest BCUT2D eigenvalue weighted by atomic mass is 16.6. The summed E-state index contributed by atoms with van der Waals surface area (Å²) in [5.41, 5.74) is 9.81. The minimum atomic E-state index is -0.975. The first-order valence-corrected chi connectivity index (χ1v) is 5.15. The monoisotopic (exact) mass is 284 g/mol. The van der Waals surface area contributed by atoms with Gasteiger partial charge in [-0.3, -0.25) is 14.4 Å². The maximum atomic E-state index is 9.87. The second-order valence-electron chi connectivity index (χ2n) is 2.82. The Hall–Kier alpha value is -1.71. The number of aliphatic hydroxyl groups excluding tert-OH is 1. The Bertz CT molecular complexity index is 210. The average Bonchev–Trinajstić information content (AvgIpc) is 2.14. The SMILES string of the molecule is CC(=O)O.CC(=O)O.CC(=O)OC(C)O.NCCN. The van der Waals surface area contributed by atoms with Crippen molar-refractivity contribution in [1.82, 2.24) is 0 Å². The van der Waals surface area contributed by atoms with Gasteiger partial charge in [0, 0.05) is 33.9 Å². The van der Waals surface area contributed by atoms with Crippen molar-refractivity contribution in [2.75, 3.05) is 13.1 Å². The summed E-state index contributed by atoms with van der Waals surface area (Å²) in [4.78, 5) is 27.9. The fourth-order valence-electron chi connectivity index (χ4n) is 0.240. The number of carbonyl (C=O) groups excluding carboxylic acids is 1. The molecule has 0 bridgehead atoms. The van der Waals surface area contributed by atoms with Gasteiger partial charge in [-0.1, -0.05) is 0 Å². The molecule has 0 rings (SSSR count). The normalized spacial score (nSPS) is 9.00. The Morgan fingerprint density at radius 2 is 1.21 bits per heavy atom. The van der Waals surface area contributed by atoms with Crippen LogP contribution in [0, 0.1) is 0 Å². The zero-order chi connectivity index (χ0) is 16.4. The number of aliphatic carboxylic acids is 2. The predicted molar refractivity (Wildman–Crippen MR) is 68.2 cm³/mol. The van der Waals surface area contributed by atoms with E-state index in [-0.39, 0.29) is 0 Å². The van der Waals surface area contributed by atoms with E-state index in [1.807, 2.05) is 0 Å². The first-order chi connectivity index (χ1) is 8.50. The molecule has 116 valence electrons. The molecule has 0 radical (unpaired) electrons. The Balaban J connectivity index is -0.0000000825. The van der Waals surface area contributed by atoms with Crippen molar-refractivity contribution >= 4 is 17.9 Å². The van der Waals surface area contributed by atoms with Crippen molar-refractivity contribution in [1.29, 1.82) is 0 Å². The molecule has 9 nitrogen and oxygen atoms in total. The molecular formula is C10H24N2O7. The minimum Gasteiger partial charge on any atom is -0.481 e. The van der Waals surface area contributed by atoms with Crippen LogP contribution in [0.15, 0.2) is 0 Å². The summed E-state index contributed by atoms with van der Waals surface area (Å²) in [7, 11) is 0. The van der Waals surface area contributed by atoms with Crippen LogP contribution in [0.2, 0.25) is 0 Å². The summed E-state index contributed by atoms with van der Waals surface area (Å²) in [5.74, 6) is -2.13. The molecule has 0 aromatic heterocycles. The smallest absolute Gasteiger partial charge is 0.304 e. The van der Waals surface area contributed by atoms with Crippen molar-refractivity contribution < 1.29 is 34.4 Å². The van der Waals surface area contributed by atoms with Gasteiger partial charge in [-0.25, -0.2) is 0 Å². The minimum absolute atomic E-state index is 0.463. The molecular weight excluding hydrogens is 260 g/mol. The fourth-order valence-corrected chi connectivity index (χ4v) is 0.240. The summed E-state index contributed by atoms with van der Waals surface area (Å²) < 4.78 is 4.17. The highest BCUT2D eigenvalue weighted by Crippen LogP contribution is 1.81. The van der Waals surface area contributed by atoms with Gasteiger partial charge in [0.05, 0.1) is 0 Å². The van der Waals surface area contributed by atoms with Gasteiger partial charge < -0.3 is 31.5 Å². The lowest BCUT2D eigenvalue weighted by Gasteiger charge is -2.00. The van der Waals surface area contributed by atoms with Crippen LogP contribution in [0.5, 0.6) is 0 Å². The first kappa shape index (κ1) is 26.0. The number of aliphatic hydroxyl groups is 1. The summed E-state index contributed by atoms with van der Waals surface area (Å²) in [6.07, 6.45) is -0.975. The standard InChI is InChI=1S/C4H8O3.C2H8N2.2C2H4O2/c1-3(5)7-4(2)6;3-1-2-4;2*1-2(3)4/h3,5H,1-2H3;1-4H2;2*1H3,(H,3,4). The third-order valence-electron chi connectivity index (χ3n) is 0.503. The number of carboxylic acids is 2. The third-order valence-corrected chi connectivity index (χ3v) is 0.503. The van der Waals surface area contributed by atoms with Gasteiger partial charge in [-0.15, -0.1) is 0 Å². The molecule has 0 amide bonds. The van der Waals surface area contributed by atoms with Gasteiger partial charge >= 0.3 is 5.97 Å². The number of hydrogen-bond acceptors (Lipinski definition) is 7. The van der Waals surface area contributed by atoms with E-state index in [1.165, 1.54) is 13.8 Å². The van der Waals surface area contributed by atoms with Crippen molar-refractivity contribution in [3.8, 4) is 0 Å². The van der Waals surface area contributed by atoms with E-state index < -0.39 is 24.2 Å². The number of carbonyl (C=O) groups is 3. The lowest BCUT2D eigenvalue weighted by atomic mass is 10.7. The molecule has 9 heteroatoms. The van der Waals surface area contributed by atoms with E-state index in [0.717, 1.165) is 13.8 Å². The molecule has 0 spiro atoms. The van der Waals surface area contributed by atoms with E-state index >= 15 is 0 Å². The van der Waals surface area contributed by atoms with Gasteiger partial charge in [-0.05, 0) is 6.92 Å². The van der Waals surface area contributed by atoms with Crippen LogP contribution in [-0.2, 0) is 19.1 Å². The van der Waals surface area contributed by atoms with Gasteiger partial charge in [0.2, 0.25) is 0 Å². The Morgan fingerprint density at radius 1 is 1.00 bits per heavy atom. The Labute approximate surface area is 112 Å². The van der Waals surface area contributed by atoms with Gasteiger partial charge in [0.15, 0.2) is 6.29 Å². The molecule has 0 aliphatic carbocycles. The number of ether oxygens (including phenoxy) is 1. The summed E-state index contributed by atoms with van der Waals surface area (Å²) in [6.45, 7) is 5.98. The first-order valence-electron chi connectivity index (χ1n) is 5.15. The van der Waals surface area contributed by atoms with Crippen LogP contribution in [0.3, 0.4) is 0 Å². The van der Waals surface area contributed by atoms with Crippen LogP contribution < -0.4 is 11.5 Å². The Kier molecular flexibility index (Phi) is 29.5. The number of nitrogens with two attached hydrogens (primary N) is 2. The summed E-state index contributed by atoms with van der Waals surface area (Å²) in [6, 6.07) is 0. The number of esters is 1. The third kappa shape index (κ3) is 307. The van der Waals surface area contributed by atoms with Crippen LogP contribution in [0.25, 0.3) is 0 Å². The maximum absolute atomic E-state index is 9.87. The summed E-state index contributed by atoms with van der Waals surface area (Å²) >= 11 is 0. The summed E-state index contributed by atoms with van der Waals surface area (Å²) in [5, 5.41) is 23.1. The molecule has 0 fully saturated rings. The van der Waals surface area contributed by atoms with Crippen molar-refractivity contribution in [3.63, 3.8) is 0 Å². The van der Waals surface area contributed by atoms with Crippen LogP contribution in [-0.4, -0.2) is 52.6 Å². The highest BCUT2D eigenvalue weighted by molar-refractivity contribution is 5.65. The molecule has 7 N–H and O–H groups in total. The van der Waals surface area contributed by atoms with E-state index in [1.54, 1.807) is 0 Å². The number of carboxylic acid groups (broad SMARTS) is 2. The second kappa shape index (κ2) is 21.6. The molecule has 0 heterocycles. The van der Waals surface area contributed by atoms with Gasteiger partial charge in [-0.2, -0.15) is 0 Å². The zero-order valence-electron chi connectivity index (χ0n) is 11.6. The molecule has 1 atom stereocenters. The van der Waals surface area contributed by atoms with Crippen LogP contribution in [0.4, 0.5) is 0 Å². The van der Waals surface area contributed by atoms with Crippen LogP contribution in [0.1, 0.15) is 27.7 Å². The molecule has 0 aliphatic heterocycles. The molecule has 0 aromatic rings. The topological polar surface area (TPSA) is 173 Å². The largest absolute Gasteiger partial charge is 0.481 e. The van der Waals surface area contributed by atoms with Crippen molar-refractivity contribution in [2.24, 2.45) is 11.5 Å². The molecule has 1 unspecified atom stereocenters. The maximum Gasteiger partial charge on any atom is 0.304 e. The quantitative estimate of drug-likeness (QED) is 0.314. The molecule has 0 saturated carbocycles. The van der Waals surface area contributed by atoms with Crippen molar-refractivity contribution in [2.45, 2.75) is 34.0 Å². The lowest BCUT2D eigenvalue weighted by Crippen LogP contribution is -2.11. The Morgan fingerprint density at radius 3 is 1.21 bits per heavy atom. The molecule has 19 heavy (non-hydrogen) atoms. The van der Waals surface area contributed by atoms with Gasteiger partial charge in [0.25, 0.3) is 11.9 Å².